The van der Waals surface area contributed by atoms with Crippen LogP contribution in [-0.4, -0.2) is 50.4 Å². The molecular formula is C30H36N2O3. The third-order valence-electron chi connectivity index (χ3n) is 6.50. The highest BCUT2D eigenvalue weighted by atomic mass is 16.5. The monoisotopic (exact) mass is 472 g/mol. The zero-order valence-electron chi connectivity index (χ0n) is 20.8. The molecule has 35 heavy (non-hydrogen) atoms. The van der Waals surface area contributed by atoms with Gasteiger partial charge in [0.15, 0.2) is 0 Å². The van der Waals surface area contributed by atoms with Crippen LogP contribution in [0.1, 0.15) is 25.5 Å². The molecule has 0 aromatic heterocycles. The number of para-hydroxylation sites is 3. The van der Waals surface area contributed by atoms with Crippen molar-refractivity contribution in [1.29, 1.82) is 0 Å². The highest BCUT2D eigenvalue weighted by Gasteiger charge is 2.32. The van der Waals surface area contributed by atoms with Gasteiger partial charge in [0.25, 0.3) is 0 Å². The van der Waals surface area contributed by atoms with E-state index in [1.54, 1.807) is 6.08 Å². The van der Waals surface area contributed by atoms with Gasteiger partial charge in [-0.15, -0.1) is 0 Å². The van der Waals surface area contributed by atoms with Crippen LogP contribution in [-0.2, 0) is 0 Å². The van der Waals surface area contributed by atoms with Crippen molar-refractivity contribution in [3.05, 3.63) is 97.1 Å². The molecule has 0 spiro atoms. The minimum atomic E-state index is 0.0909. The van der Waals surface area contributed by atoms with Crippen molar-refractivity contribution >= 4 is 5.69 Å². The lowest BCUT2D eigenvalue weighted by molar-refractivity contribution is 0.142. The number of rotatable bonds is 12. The van der Waals surface area contributed by atoms with Crippen LogP contribution >= 0.6 is 0 Å². The first-order chi connectivity index (χ1) is 17.2. The Bertz CT molecular complexity index is 1050. The molecule has 0 fully saturated rings. The predicted molar refractivity (Wildman–Crippen MR) is 143 cm³/mol. The number of anilines is 1. The van der Waals surface area contributed by atoms with E-state index >= 15 is 0 Å². The summed E-state index contributed by atoms with van der Waals surface area (Å²) in [7, 11) is 0. The summed E-state index contributed by atoms with van der Waals surface area (Å²) < 4.78 is 18.2. The summed E-state index contributed by atoms with van der Waals surface area (Å²) in [5.74, 6) is 2.67. The van der Waals surface area contributed by atoms with Gasteiger partial charge in [-0.05, 0) is 55.1 Å². The number of hydrogen-bond acceptors (Lipinski definition) is 5. The maximum Gasteiger partial charge on any atom is 0.142 e. The Morgan fingerprint density at radius 2 is 1.63 bits per heavy atom. The largest absolute Gasteiger partial charge is 0.492 e. The Kier molecular flexibility index (Phi) is 8.68. The SMILES string of the molecule is C=CCOc1ccc(C2COc3ccccc3N2CC(COc2ccccc2)N(CC)CC)cc1. The Balaban J connectivity index is 1.61. The summed E-state index contributed by atoms with van der Waals surface area (Å²) in [5, 5.41) is 0. The zero-order valence-corrected chi connectivity index (χ0v) is 20.8. The van der Waals surface area contributed by atoms with Crippen molar-refractivity contribution < 1.29 is 14.2 Å². The van der Waals surface area contributed by atoms with Crippen molar-refractivity contribution in [2.24, 2.45) is 0 Å². The fraction of sp³-hybridized carbons (Fsp3) is 0.333. The first kappa shape index (κ1) is 24.7. The molecule has 0 N–H and O–H groups in total. The molecule has 0 saturated heterocycles. The number of nitrogens with zero attached hydrogens (tertiary/aromatic N) is 2. The third-order valence-corrected chi connectivity index (χ3v) is 6.50. The average molecular weight is 473 g/mol. The fourth-order valence-electron chi connectivity index (χ4n) is 4.64. The van der Waals surface area contributed by atoms with Crippen LogP contribution in [0, 0.1) is 0 Å². The molecule has 5 heteroatoms. The van der Waals surface area contributed by atoms with E-state index in [1.807, 2.05) is 48.5 Å². The van der Waals surface area contributed by atoms with Gasteiger partial charge in [0, 0.05) is 6.54 Å². The van der Waals surface area contributed by atoms with Gasteiger partial charge >= 0.3 is 0 Å². The molecule has 3 aromatic rings. The highest BCUT2D eigenvalue weighted by Crippen LogP contribution is 2.39. The van der Waals surface area contributed by atoms with Crippen LogP contribution in [0.4, 0.5) is 5.69 Å². The Morgan fingerprint density at radius 3 is 2.34 bits per heavy atom. The lowest BCUT2D eigenvalue weighted by atomic mass is 10.0. The van der Waals surface area contributed by atoms with E-state index in [4.69, 9.17) is 14.2 Å². The summed E-state index contributed by atoms with van der Waals surface area (Å²) in [6, 6.07) is 27.0. The maximum absolute atomic E-state index is 6.25. The molecular weight excluding hydrogens is 436 g/mol. The first-order valence-electron chi connectivity index (χ1n) is 12.5. The fourth-order valence-corrected chi connectivity index (χ4v) is 4.64. The van der Waals surface area contributed by atoms with E-state index < -0.39 is 0 Å². The third kappa shape index (κ3) is 6.17. The molecule has 1 heterocycles. The molecule has 1 aliphatic rings. The summed E-state index contributed by atoms with van der Waals surface area (Å²) >= 11 is 0. The van der Waals surface area contributed by atoms with Gasteiger partial charge in [-0.2, -0.15) is 0 Å². The second-order valence-electron chi connectivity index (χ2n) is 8.61. The lowest BCUT2D eigenvalue weighted by Gasteiger charge is -2.42. The highest BCUT2D eigenvalue weighted by molar-refractivity contribution is 5.61. The van der Waals surface area contributed by atoms with Crippen LogP contribution in [0.25, 0.3) is 0 Å². The van der Waals surface area contributed by atoms with Crippen LogP contribution in [0.2, 0.25) is 0 Å². The molecule has 0 radical (unpaired) electrons. The van der Waals surface area contributed by atoms with Gasteiger partial charge in [0.05, 0.1) is 17.8 Å². The van der Waals surface area contributed by atoms with E-state index in [-0.39, 0.29) is 12.1 Å². The summed E-state index contributed by atoms with van der Waals surface area (Å²) in [5.41, 5.74) is 2.32. The smallest absolute Gasteiger partial charge is 0.142 e. The van der Waals surface area contributed by atoms with Crippen LogP contribution in [0.5, 0.6) is 17.2 Å². The van der Waals surface area contributed by atoms with Gasteiger partial charge in [-0.3, -0.25) is 4.90 Å². The molecule has 2 atom stereocenters. The van der Waals surface area contributed by atoms with Crippen LogP contribution < -0.4 is 19.1 Å². The zero-order chi connectivity index (χ0) is 24.5. The minimum absolute atomic E-state index is 0.0909. The summed E-state index contributed by atoms with van der Waals surface area (Å²) in [4.78, 5) is 4.96. The molecule has 2 unspecified atom stereocenters. The quantitative estimate of drug-likeness (QED) is 0.303. The Morgan fingerprint density at radius 1 is 0.943 bits per heavy atom. The second kappa shape index (κ2) is 12.3. The van der Waals surface area contributed by atoms with Gasteiger partial charge in [0.1, 0.15) is 37.1 Å². The number of ether oxygens (including phenoxy) is 3. The van der Waals surface area contributed by atoms with E-state index in [0.29, 0.717) is 19.8 Å². The van der Waals surface area contributed by atoms with Crippen molar-refractivity contribution in [1.82, 2.24) is 4.90 Å². The molecule has 4 rings (SSSR count). The van der Waals surface area contributed by atoms with Crippen molar-refractivity contribution in [3.63, 3.8) is 0 Å². The minimum Gasteiger partial charge on any atom is -0.492 e. The van der Waals surface area contributed by atoms with E-state index in [9.17, 15) is 0 Å². The standard InChI is InChI=1S/C30H36N2O3/c1-4-20-33-27-18-16-24(17-19-27)29-23-35-30-15-11-10-14-28(30)32(29)21-25(31(5-2)6-3)22-34-26-12-8-7-9-13-26/h4,7-19,25,29H,1,5-6,20-23H2,2-3H3. The van der Waals surface area contributed by atoms with Crippen molar-refractivity contribution in [3.8, 4) is 17.2 Å². The molecule has 1 aliphatic heterocycles. The number of fused-ring (bicyclic) bond motifs is 1. The number of likely N-dealkylation sites (N-methyl/N-ethyl adjacent to an activating group) is 1. The normalized spacial score (nSPS) is 15.7. The predicted octanol–water partition coefficient (Wildman–Crippen LogP) is 5.98. The van der Waals surface area contributed by atoms with E-state index in [2.05, 4.69) is 60.6 Å². The molecule has 0 bridgehead atoms. The molecule has 0 aliphatic carbocycles. The number of benzene rings is 3. The maximum atomic E-state index is 6.25. The number of hydrogen-bond donors (Lipinski definition) is 0. The van der Waals surface area contributed by atoms with Gasteiger partial charge in [-0.25, -0.2) is 0 Å². The van der Waals surface area contributed by atoms with Gasteiger partial charge in [-0.1, -0.05) is 69.0 Å². The van der Waals surface area contributed by atoms with Crippen molar-refractivity contribution in [2.75, 3.05) is 44.4 Å². The summed E-state index contributed by atoms with van der Waals surface area (Å²) in [6.07, 6.45) is 1.76. The molecule has 184 valence electrons. The van der Waals surface area contributed by atoms with Crippen molar-refractivity contribution in [2.45, 2.75) is 25.9 Å². The summed E-state index contributed by atoms with van der Waals surface area (Å²) in [6.45, 7) is 12.6. The lowest BCUT2D eigenvalue weighted by Crippen LogP contribution is -2.50. The Labute approximate surface area is 209 Å². The molecule has 5 nitrogen and oxygen atoms in total. The topological polar surface area (TPSA) is 34.2 Å². The van der Waals surface area contributed by atoms with Crippen LogP contribution in [0.15, 0.2) is 91.5 Å². The van der Waals surface area contributed by atoms with Gasteiger partial charge < -0.3 is 19.1 Å². The Hall–Kier alpha value is -3.44. The molecule has 3 aromatic carbocycles. The molecule has 0 saturated carbocycles. The van der Waals surface area contributed by atoms with Crippen LogP contribution in [0.3, 0.4) is 0 Å². The molecule has 0 amide bonds. The van der Waals surface area contributed by atoms with Gasteiger partial charge in [0.2, 0.25) is 0 Å². The average Bonchev–Trinajstić information content (AvgIpc) is 2.92. The van der Waals surface area contributed by atoms with E-state index in [0.717, 1.165) is 42.6 Å². The van der Waals surface area contributed by atoms with E-state index in [1.165, 1.54) is 5.56 Å². The second-order valence-corrected chi connectivity index (χ2v) is 8.61. The first-order valence-corrected chi connectivity index (χ1v) is 12.5.